The molecule has 0 bridgehead atoms. The number of nitrogens with one attached hydrogen (secondary N) is 1. The van der Waals surface area contributed by atoms with E-state index in [1.54, 1.807) is 24.3 Å². The normalized spacial score (nSPS) is 9.08. The van der Waals surface area contributed by atoms with Crippen LogP contribution in [0.15, 0.2) is 24.3 Å². The SMILES string of the molecule is Nc1cccc(NN(N)C=O)c1. The highest BCUT2D eigenvalue weighted by Crippen LogP contribution is 2.10. The number of carbonyl (C=O) groups excluding carboxylic acids is 1. The number of benzene rings is 1. The number of amides is 1. The van der Waals surface area contributed by atoms with E-state index in [1.807, 2.05) is 0 Å². The molecule has 64 valence electrons. The van der Waals surface area contributed by atoms with Crippen LogP contribution in [0, 0.1) is 0 Å². The van der Waals surface area contributed by atoms with Gasteiger partial charge in [0.25, 0.3) is 0 Å². The fourth-order valence-corrected chi connectivity index (χ4v) is 0.784. The third-order valence-electron chi connectivity index (χ3n) is 1.26. The highest BCUT2D eigenvalue weighted by atomic mass is 16.2. The second-order valence-electron chi connectivity index (χ2n) is 2.25. The molecule has 5 nitrogen and oxygen atoms in total. The number of nitrogens with two attached hydrogens (primary N) is 2. The van der Waals surface area contributed by atoms with Gasteiger partial charge in [0.15, 0.2) is 0 Å². The van der Waals surface area contributed by atoms with E-state index in [-0.39, 0.29) is 0 Å². The molecule has 0 aliphatic rings. The number of nitrogens with zero attached hydrogens (tertiary/aromatic N) is 1. The molecule has 0 aliphatic carbocycles. The second kappa shape index (κ2) is 3.59. The third-order valence-corrected chi connectivity index (χ3v) is 1.26. The summed E-state index contributed by atoms with van der Waals surface area (Å²) in [6, 6.07) is 6.92. The molecule has 1 rings (SSSR count). The summed E-state index contributed by atoms with van der Waals surface area (Å²) in [6.45, 7) is 0. The maximum Gasteiger partial charge on any atom is 0.242 e. The molecule has 1 aromatic rings. The average molecular weight is 166 g/mol. The third kappa shape index (κ3) is 2.14. The Labute approximate surface area is 69.9 Å². The summed E-state index contributed by atoms with van der Waals surface area (Å²) >= 11 is 0. The summed E-state index contributed by atoms with van der Waals surface area (Å²) in [7, 11) is 0. The fourth-order valence-electron chi connectivity index (χ4n) is 0.784. The topological polar surface area (TPSA) is 84.4 Å². The van der Waals surface area contributed by atoms with Crippen molar-refractivity contribution in [1.82, 2.24) is 5.12 Å². The lowest BCUT2D eigenvalue weighted by molar-refractivity contribution is -0.117. The van der Waals surface area contributed by atoms with Crippen LogP contribution in [0.2, 0.25) is 0 Å². The molecule has 0 radical (unpaired) electrons. The van der Waals surface area contributed by atoms with Crippen LogP contribution in [0.4, 0.5) is 11.4 Å². The zero-order valence-electron chi connectivity index (χ0n) is 6.40. The Morgan fingerprint density at radius 1 is 1.50 bits per heavy atom. The van der Waals surface area contributed by atoms with Gasteiger partial charge in [0.2, 0.25) is 6.41 Å². The summed E-state index contributed by atoms with van der Waals surface area (Å²) < 4.78 is 0. The van der Waals surface area contributed by atoms with E-state index in [9.17, 15) is 4.79 Å². The number of carbonyl (C=O) groups is 1. The molecule has 5 N–H and O–H groups in total. The molecule has 0 fully saturated rings. The number of rotatable bonds is 3. The van der Waals surface area contributed by atoms with Crippen molar-refractivity contribution in [3.05, 3.63) is 24.3 Å². The first kappa shape index (κ1) is 8.35. The molecule has 0 heterocycles. The molecule has 0 saturated heterocycles. The van der Waals surface area contributed by atoms with Crippen LogP contribution in [0.3, 0.4) is 0 Å². The Morgan fingerprint density at radius 2 is 2.25 bits per heavy atom. The standard InChI is InChI=1S/C7H10N4O/c8-6-2-1-3-7(4-6)10-11(9)5-12/h1-5,10H,8-9H2. The van der Waals surface area contributed by atoms with Crippen LogP contribution in [0.25, 0.3) is 0 Å². The summed E-state index contributed by atoms with van der Waals surface area (Å²) in [5.74, 6) is 5.17. The van der Waals surface area contributed by atoms with Crippen molar-refractivity contribution >= 4 is 17.8 Å². The Balaban J connectivity index is 2.69. The lowest BCUT2D eigenvalue weighted by atomic mass is 10.3. The maximum atomic E-state index is 10.1. The number of nitrogen functional groups attached to an aromatic ring is 1. The van der Waals surface area contributed by atoms with Gasteiger partial charge in [0.1, 0.15) is 0 Å². The van der Waals surface area contributed by atoms with Crippen LogP contribution in [0.5, 0.6) is 0 Å². The molecule has 0 saturated carbocycles. The maximum absolute atomic E-state index is 10.1. The van der Waals surface area contributed by atoms with Gasteiger partial charge in [-0.05, 0) is 18.2 Å². The van der Waals surface area contributed by atoms with Gasteiger partial charge in [-0.2, -0.15) is 5.12 Å². The van der Waals surface area contributed by atoms with Crippen LogP contribution in [0.1, 0.15) is 0 Å². The van der Waals surface area contributed by atoms with E-state index >= 15 is 0 Å². The molecule has 0 atom stereocenters. The quantitative estimate of drug-likeness (QED) is 0.193. The molecule has 12 heavy (non-hydrogen) atoms. The molecule has 0 unspecified atom stereocenters. The highest BCUT2D eigenvalue weighted by molar-refractivity contribution is 5.57. The zero-order chi connectivity index (χ0) is 8.97. The first-order valence-corrected chi connectivity index (χ1v) is 3.34. The molecular formula is C7H10N4O. The van der Waals surface area contributed by atoms with E-state index in [0.29, 0.717) is 17.8 Å². The van der Waals surface area contributed by atoms with Gasteiger partial charge in [0.05, 0.1) is 5.69 Å². The zero-order valence-corrected chi connectivity index (χ0v) is 6.40. The largest absolute Gasteiger partial charge is 0.399 e. The van der Waals surface area contributed by atoms with Crippen LogP contribution >= 0.6 is 0 Å². The van der Waals surface area contributed by atoms with Crippen molar-refractivity contribution in [1.29, 1.82) is 0 Å². The Kier molecular flexibility index (Phi) is 2.49. The molecule has 5 heteroatoms. The van der Waals surface area contributed by atoms with E-state index in [2.05, 4.69) is 5.43 Å². The van der Waals surface area contributed by atoms with Crippen LogP contribution in [-0.2, 0) is 4.79 Å². The average Bonchev–Trinajstić information content (AvgIpc) is 2.04. The molecular weight excluding hydrogens is 156 g/mol. The van der Waals surface area contributed by atoms with E-state index < -0.39 is 0 Å². The van der Waals surface area contributed by atoms with Gasteiger partial charge in [-0.25, -0.2) is 5.84 Å². The van der Waals surface area contributed by atoms with Gasteiger partial charge in [0, 0.05) is 5.69 Å². The van der Waals surface area contributed by atoms with Crippen molar-refractivity contribution in [2.75, 3.05) is 11.2 Å². The van der Waals surface area contributed by atoms with Crippen LogP contribution in [-0.4, -0.2) is 11.5 Å². The van der Waals surface area contributed by atoms with Gasteiger partial charge < -0.3 is 5.73 Å². The molecule has 1 amide bonds. The van der Waals surface area contributed by atoms with Crippen molar-refractivity contribution in [3.63, 3.8) is 0 Å². The van der Waals surface area contributed by atoms with Gasteiger partial charge in [-0.3, -0.25) is 10.2 Å². The smallest absolute Gasteiger partial charge is 0.242 e. The van der Waals surface area contributed by atoms with Crippen molar-refractivity contribution in [2.24, 2.45) is 5.84 Å². The fraction of sp³-hybridized carbons (Fsp3) is 0. The first-order chi connectivity index (χ1) is 5.72. The van der Waals surface area contributed by atoms with Gasteiger partial charge in [-0.15, -0.1) is 0 Å². The molecule has 0 aliphatic heterocycles. The monoisotopic (exact) mass is 166 g/mol. The minimum Gasteiger partial charge on any atom is -0.399 e. The van der Waals surface area contributed by atoms with E-state index in [1.165, 1.54) is 0 Å². The summed E-state index contributed by atoms with van der Waals surface area (Å²) in [5, 5.41) is 0.814. The lowest BCUT2D eigenvalue weighted by Gasteiger charge is -2.12. The second-order valence-corrected chi connectivity index (χ2v) is 2.25. The number of hydrazine groups is 2. The molecule has 0 aromatic heterocycles. The van der Waals surface area contributed by atoms with Crippen molar-refractivity contribution in [2.45, 2.75) is 0 Å². The Bertz CT molecular complexity index is 276. The Morgan fingerprint density at radius 3 is 2.83 bits per heavy atom. The first-order valence-electron chi connectivity index (χ1n) is 3.34. The molecule has 0 spiro atoms. The van der Waals surface area contributed by atoms with Gasteiger partial charge >= 0.3 is 0 Å². The minimum absolute atomic E-state index is 0.461. The number of anilines is 2. The molecule has 1 aromatic carbocycles. The predicted molar refractivity (Wildman–Crippen MR) is 46.6 cm³/mol. The lowest BCUT2D eigenvalue weighted by Crippen LogP contribution is -2.35. The summed E-state index contributed by atoms with van der Waals surface area (Å²) in [6.07, 6.45) is 0.461. The van der Waals surface area contributed by atoms with E-state index in [0.717, 1.165) is 5.12 Å². The minimum atomic E-state index is 0.461. The highest BCUT2D eigenvalue weighted by Gasteiger charge is 1.94. The van der Waals surface area contributed by atoms with E-state index in [4.69, 9.17) is 11.6 Å². The Hall–Kier alpha value is -1.75. The van der Waals surface area contributed by atoms with Crippen LogP contribution < -0.4 is 17.0 Å². The van der Waals surface area contributed by atoms with Crippen molar-refractivity contribution in [3.8, 4) is 0 Å². The summed E-state index contributed by atoms with van der Waals surface area (Å²) in [4.78, 5) is 10.1. The number of hydrogen-bond acceptors (Lipinski definition) is 4. The predicted octanol–water partition coefficient (Wildman–Crippen LogP) is -0.0722. The van der Waals surface area contributed by atoms with Gasteiger partial charge in [-0.1, -0.05) is 6.07 Å². The van der Waals surface area contributed by atoms with Crippen molar-refractivity contribution < 1.29 is 4.79 Å². The summed E-state index contributed by atoms with van der Waals surface area (Å²) in [5.41, 5.74) is 9.36. The number of hydrogen-bond donors (Lipinski definition) is 3.